The van der Waals surface area contributed by atoms with Crippen LogP contribution in [0, 0.1) is 13.8 Å². The fraction of sp³-hybridized carbons (Fsp3) is 0.500. The summed E-state index contributed by atoms with van der Waals surface area (Å²) in [6, 6.07) is 0. The van der Waals surface area contributed by atoms with Crippen LogP contribution in [0.5, 0.6) is 0 Å². The predicted molar refractivity (Wildman–Crippen MR) is 81.9 cm³/mol. The van der Waals surface area contributed by atoms with E-state index in [0.29, 0.717) is 5.02 Å². The number of aromatic nitrogens is 4. The highest BCUT2D eigenvalue weighted by molar-refractivity contribution is 6.31. The van der Waals surface area contributed by atoms with E-state index in [-0.39, 0.29) is 5.92 Å². The number of nitrogens with zero attached hydrogens (tertiary/aromatic N) is 4. The van der Waals surface area contributed by atoms with Crippen LogP contribution in [-0.4, -0.2) is 26.3 Å². The van der Waals surface area contributed by atoms with E-state index in [0.717, 1.165) is 35.3 Å². The van der Waals surface area contributed by atoms with Crippen LogP contribution < -0.4 is 5.32 Å². The molecule has 1 N–H and O–H groups in total. The van der Waals surface area contributed by atoms with E-state index >= 15 is 0 Å². The number of halogens is 1. The van der Waals surface area contributed by atoms with Crippen LogP contribution in [-0.2, 0) is 0 Å². The Balaban J connectivity index is 2.61. The molecule has 0 aromatic carbocycles. The highest BCUT2D eigenvalue weighted by atomic mass is 35.5. The van der Waals surface area contributed by atoms with Crippen molar-refractivity contribution >= 4 is 17.4 Å². The van der Waals surface area contributed by atoms with Gasteiger partial charge in [-0.1, -0.05) is 25.4 Å². The molecule has 2 rings (SSSR count). The number of hydrogen-bond donors (Lipinski definition) is 1. The molecule has 5 nitrogen and oxygen atoms in total. The molecule has 6 heteroatoms. The summed E-state index contributed by atoms with van der Waals surface area (Å²) in [6.45, 7) is 10.9. The topological polar surface area (TPSA) is 55.6 Å². The minimum absolute atomic E-state index is 0.249. The van der Waals surface area contributed by atoms with Gasteiger partial charge < -0.3 is 5.32 Å². The summed E-state index contributed by atoms with van der Waals surface area (Å²) in [6.07, 6.45) is 1.78. The van der Waals surface area contributed by atoms with Crippen LogP contribution in [0.1, 0.15) is 43.8 Å². The van der Waals surface area contributed by atoms with Crippen LogP contribution in [0.3, 0.4) is 0 Å². The Kier molecular flexibility index (Phi) is 4.28. The molecular weight excluding hydrogens is 274 g/mol. The van der Waals surface area contributed by atoms with Crippen molar-refractivity contribution in [2.24, 2.45) is 0 Å². The Hall–Kier alpha value is -1.62. The van der Waals surface area contributed by atoms with Crippen molar-refractivity contribution in [2.75, 3.05) is 11.9 Å². The zero-order valence-electron chi connectivity index (χ0n) is 12.5. The summed E-state index contributed by atoms with van der Waals surface area (Å²) in [5.74, 6) is 2.67. The van der Waals surface area contributed by atoms with Gasteiger partial charge in [0.05, 0.1) is 16.9 Å². The Morgan fingerprint density at radius 1 is 1.30 bits per heavy atom. The van der Waals surface area contributed by atoms with Gasteiger partial charge in [-0.3, -0.25) is 0 Å². The zero-order valence-corrected chi connectivity index (χ0v) is 13.3. The van der Waals surface area contributed by atoms with Gasteiger partial charge in [0, 0.05) is 18.0 Å². The monoisotopic (exact) mass is 293 g/mol. The largest absolute Gasteiger partial charge is 0.370 e. The highest BCUT2D eigenvalue weighted by Crippen LogP contribution is 2.23. The minimum Gasteiger partial charge on any atom is -0.370 e. The number of anilines is 1. The van der Waals surface area contributed by atoms with Gasteiger partial charge in [0.2, 0.25) is 0 Å². The number of rotatable bonds is 4. The summed E-state index contributed by atoms with van der Waals surface area (Å²) in [5, 5.41) is 8.33. The lowest BCUT2D eigenvalue weighted by Gasteiger charge is -2.14. The van der Waals surface area contributed by atoms with Gasteiger partial charge in [0.15, 0.2) is 5.82 Å². The van der Waals surface area contributed by atoms with Crippen molar-refractivity contribution in [3.8, 4) is 5.82 Å². The van der Waals surface area contributed by atoms with Crippen molar-refractivity contribution in [1.82, 2.24) is 19.7 Å². The molecule has 0 fully saturated rings. The molecule has 0 bridgehead atoms. The second kappa shape index (κ2) is 5.79. The van der Waals surface area contributed by atoms with Crippen LogP contribution in [0.2, 0.25) is 5.02 Å². The third-order valence-electron chi connectivity index (χ3n) is 3.05. The first kappa shape index (κ1) is 14.8. The molecule has 0 unspecified atom stereocenters. The Bertz CT molecular complexity index is 599. The summed E-state index contributed by atoms with van der Waals surface area (Å²) in [4.78, 5) is 9.21. The first-order chi connectivity index (χ1) is 9.43. The normalized spacial score (nSPS) is 11.2. The van der Waals surface area contributed by atoms with E-state index in [4.69, 9.17) is 11.6 Å². The van der Waals surface area contributed by atoms with Crippen molar-refractivity contribution in [3.05, 3.63) is 28.3 Å². The fourth-order valence-electron chi connectivity index (χ4n) is 1.89. The van der Waals surface area contributed by atoms with Crippen molar-refractivity contribution in [3.63, 3.8) is 0 Å². The lowest BCUT2D eigenvalue weighted by Crippen LogP contribution is -2.12. The minimum atomic E-state index is 0.249. The summed E-state index contributed by atoms with van der Waals surface area (Å²) < 4.78 is 1.72. The number of nitrogens with one attached hydrogen (secondary N) is 1. The average Bonchev–Trinajstić information content (AvgIpc) is 2.72. The summed E-state index contributed by atoms with van der Waals surface area (Å²) >= 11 is 6.09. The molecule has 0 saturated heterocycles. The molecule has 0 aliphatic carbocycles. The lowest BCUT2D eigenvalue weighted by molar-refractivity contribution is 0.738. The molecule has 0 radical (unpaired) electrons. The molecule has 20 heavy (non-hydrogen) atoms. The molecule has 2 aromatic rings. The van der Waals surface area contributed by atoms with Gasteiger partial charge >= 0.3 is 0 Å². The standard InChI is InChI=1S/C14H20ClN5/c1-6-16-13-9(4)14(18-12(17-13)8(2)3)20-7-11(15)10(5)19-20/h7-8H,6H2,1-5H3,(H,16,17,18). The molecule has 0 aliphatic rings. The Morgan fingerprint density at radius 2 is 2.00 bits per heavy atom. The Labute approximate surface area is 124 Å². The van der Waals surface area contributed by atoms with Crippen molar-refractivity contribution in [1.29, 1.82) is 0 Å². The van der Waals surface area contributed by atoms with Crippen LogP contribution in [0.4, 0.5) is 5.82 Å². The van der Waals surface area contributed by atoms with Gasteiger partial charge in [0.1, 0.15) is 11.6 Å². The third kappa shape index (κ3) is 2.77. The molecule has 108 valence electrons. The average molecular weight is 294 g/mol. The van der Waals surface area contributed by atoms with Crippen molar-refractivity contribution in [2.45, 2.75) is 40.5 Å². The quantitative estimate of drug-likeness (QED) is 0.937. The molecule has 0 atom stereocenters. The van der Waals surface area contributed by atoms with E-state index in [1.54, 1.807) is 10.9 Å². The Morgan fingerprint density at radius 3 is 2.50 bits per heavy atom. The molecule has 0 aliphatic heterocycles. The first-order valence-electron chi connectivity index (χ1n) is 6.78. The molecule has 0 spiro atoms. The fourth-order valence-corrected chi connectivity index (χ4v) is 2.02. The molecule has 2 aromatic heterocycles. The predicted octanol–water partition coefficient (Wildman–Crippen LogP) is 3.49. The second-order valence-corrected chi connectivity index (χ2v) is 5.48. The van der Waals surface area contributed by atoms with Crippen LogP contribution in [0.25, 0.3) is 5.82 Å². The van der Waals surface area contributed by atoms with Crippen LogP contribution >= 0.6 is 11.6 Å². The summed E-state index contributed by atoms with van der Waals surface area (Å²) in [7, 11) is 0. The van der Waals surface area contributed by atoms with Gasteiger partial charge in [-0.2, -0.15) is 5.10 Å². The van der Waals surface area contributed by atoms with Gasteiger partial charge in [-0.15, -0.1) is 0 Å². The van der Waals surface area contributed by atoms with E-state index in [1.165, 1.54) is 0 Å². The van der Waals surface area contributed by atoms with E-state index in [9.17, 15) is 0 Å². The molecule has 0 amide bonds. The maximum atomic E-state index is 6.09. The third-order valence-corrected chi connectivity index (χ3v) is 3.43. The SMILES string of the molecule is CCNc1nc(C(C)C)nc(-n2cc(Cl)c(C)n2)c1C. The van der Waals surface area contributed by atoms with Gasteiger partial charge in [-0.25, -0.2) is 14.6 Å². The first-order valence-corrected chi connectivity index (χ1v) is 7.16. The smallest absolute Gasteiger partial charge is 0.162 e. The molecule has 0 saturated carbocycles. The molecular formula is C14H20ClN5. The highest BCUT2D eigenvalue weighted by Gasteiger charge is 2.15. The van der Waals surface area contributed by atoms with E-state index in [1.807, 2.05) is 20.8 Å². The second-order valence-electron chi connectivity index (χ2n) is 5.07. The molecule has 2 heterocycles. The van der Waals surface area contributed by atoms with Crippen molar-refractivity contribution < 1.29 is 0 Å². The maximum absolute atomic E-state index is 6.09. The van der Waals surface area contributed by atoms with E-state index in [2.05, 4.69) is 34.2 Å². The lowest BCUT2D eigenvalue weighted by atomic mass is 10.2. The maximum Gasteiger partial charge on any atom is 0.162 e. The zero-order chi connectivity index (χ0) is 14.9. The number of aryl methyl sites for hydroxylation is 1. The number of hydrogen-bond acceptors (Lipinski definition) is 4. The summed E-state index contributed by atoms with van der Waals surface area (Å²) in [5.41, 5.74) is 1.76. The van der Waals surface area contributed by atoms with Gasteiger partial charge in [-0.05, 0) is 20.8 Å². The van der Waals surface area contributed by atoms with Gasteiger partial charge in [0.25, 0.3) is 0 Å². The van der Waals surface area contributed by atoms with Crippen LogP contribution in [0.15, 0.2) is 6.20 Å². The van der Waals surface area contributed by atoms with E-state index < -0.39 is 0 Å².